The van der Waals surface area contributed by atoms with Gasteiger partial charge in [0, 0.05) is 22.5 Å². The second-order valence-corrected chi connectivity index (χ2v) is 3.79. The van der Waals surface area contributed by atoms with Crippen LogP contribution < -0.4 is 5.56 Å². The van der Waals surface area contributed by atoms with Gasteiger partial charge in [-0.2, -0.15) is 0 Å². The third kappa shape index (κ3) is 1.20. The van der Waals surface area contributed by atoms with Crippen molar-refractivity contribution in [1.82, 2.24) is 15.0 Å². The van der Waals surface area contributed by atoms with E-state index in [0.717, 1.165) is 21.9 Å². The lowest BCUT2D eigenvalue weighted by molar-refractivity contribution is 1.19. The van der Waals surface area contributed by atoms with Crippen molar-refractivity contribution in [2.24, 2.45) is 0 Å². The fraction of sp³-hybridized carbons (Fsp3) is 0.0833. The van der Waals surface area contributed by atoms with Gasteiger partial charge in [0.25, 0.3) is 5.56 Å². The lowest BCUT2D eigenvalue weighted by atomic mass is 10.1. The number of aromatic amines is 1. The zero-order valence-corrected chi connectivity index (χ0v) is 8.69. The summed E-state index contributed by atoms with van der Waals surface area (Å²) in [5.41, 5.74) is 2.20. The fourth-order valence-corrected chi connectivity index (χ4v) is 1.89. The van der Waals surface area contributed by atoms with Crippen LogP contribution in [0.5, 0.6) is 0 Å². The Hall–Kier alpha value is -2.23. The highest BCUT2D eigenvalue weighted by Crippen LogP contribution is 2.19. The van der Waals surface area contributed by atoms with Crippen LogP contribution in [0.15, 0.2) is 35.5 Å². The molecule has 0 spiro atoms. The molecule has 0 saturated heterocycles. The van der Waals surface area contributed by atoms with Crippen molar-refractivity contribution in [1.29, 1.82) is 0 Å². The molecule has 1 N–H and O–H groups in total. The van der Waals surface area contributed by atoms with E-state index >= 15 is 0 Å². The lowest BCUT2D eigenvalue weighted by Gasteiger charge is -2.02. The summed E-state index contributed by atoms with van der Waals surface area (Å²) in [6.07, 6.45) is 3.06. The van der Waals surface area contributed by atoms with Gasteiger partial charge in [-0.1, -0.05) is 12.1 Å². The monoisotopic (exact) mass is 211 g/mol. The number of benzene rings is 1. The number of pyridine rings is 1. The molecule has 0 saturated carbocycles. The van der Waals surface area contributed by atoms with Crippen LogP contribution in [-0.4, -0.2) is 15.0 Å². The highest BCUT2D eigenvalue weighted by atomic mass is 16.1. The van der Waals surface area contributed by atoms with Crippen molar-refractivity contribution in [2.75, 3.05) is 0 Å². The number of rotatable bonds is 0. The molecule has 4 nitrogen and oxygen atoms in total. The topological polar surface area (TPSA) is 58.6 Å². The van der Waals surface area contributed by atoms with Gasteiger partial charge in [0.2, 0.25) is 0 Å². The van der Waals surface area contributed by atoms with Crippen LogP contribution in [0.4, 0.5) is 0 Å². The highest BCUT2D eigenvalue weighted by Gasteiger charge is 2.05. The fourth-order valence-electron chi connectivity index (χ4n) is 1.89. The van der Waals surface area contributed by atoms with E-state index in [9.17, 15) is 4.79 Å². The maximum absolute atomic E-state index is 11.8. The van der Waals surface area contributed by atoms with Crippen molar-refractivity contribution in [2.45, 2.75) is 6.92 Å². The summed E-state index contributed by atoms with van der Waals surface area (Å²) in [4.78, 5) is 22.5. The Morgan fingerprint density at radius 1 is 1.25 bits per heavy atom. The Morgan fingerprint density at radius 2 is 2.12 bits per heavy atom. The average Bonchev–Trinajstić information content (AvgIpc) is 2.29. The van der Waals surface area contributed by atoms with Crippen LogP contribution in [-0.2, 0) is 0 Å². The first-order valence-electron chi connectivity index (χ1n) is 4.98. The van der Waals surface area contributed by atoms with Crippen LogP contribution in [0.2, 0.25) is 0 Å². The number of hydrogen-bond donors (Lipinski definition) is 1. The van der Waals surface area contributed by atoms with Crippen molar-refractivity contribution < 1.29 is 0 Å². The number of H-pyrrole nitrogens is 1. The molecule has 0 aliphatic carbocycles. The van der Waals surface area contributed by atoms with Gasteiger partial charge >= 0.3 is 0 Å². The normalized spacial score (nSPS) is 11.1. The second-order valence-electron chi connectivity index (χ2n) is 3.79. The molecule has 4 heteroatoms. The zero-order valence-electron chi connectivity index (χ0n) is 8.69. The van der Waals surface area contributed by atoms with Crippen molar-refractivity contribution in [3.8, 4) is 0 Å². The first-order valence-corrected chi connectivity index (χ1v) is 4.98. The summed E-state index contributed by atoms with van der Waals surface area (Å²) in [7, 11) is 0. The number of hydrogen-bond acceptors (Lipinski definition) is 3. The summed E-state index contributed by atoms with van der Waals surface area (Å²) in [5, 5.41) is 1.77. The third-order valence-electron chi connectivity index (χ3n) is 2.64. The number of aryl methyl sites for hydroxylation is 1. The molecule has 1 aromatic carbocycles. The molecule has 0 amide bonds. The van der Waals surface area contributed by atoms with Crippen molar-refractivity contribution in [3.63, 3.8) is 0 Å². The molecule has 3 aromatic rings. The average molecular weight is 211 g/mol. The van der Waals surface area contributed by atoms with Gasteiger partial charge in [-0.15, -0.1) is 0 Å². The van der Waals surface area contributed by atoms with Gasteiger partial charge < -0.3 is 4.98 Å². The summed E-state index contributed by atoms with van der Waals surface area (Å²) in [6.45, 7) is 1.99. The van der Waals surface area contributed by atoms with E-state index in [2.05, 4.69) is 15.0 Å². The largest absolute Gasteiger partial charge is 0.320 e. The van der Waals surface area contributed by atoms with Gasteiger partial charge in [-0.05, 0) is 18.6 Å². The minimum Gasteiger partial charge on any atom is -0.320 e. The van der Waals surface area contributed by atoms with E-state index in [0.29, 0.717) is 5.52 Å². The minimum atomic E-state index is -0.171. The Labute approximate surface area is 91.0 Å². The molecule has 2 aromatic heterocycles. The molecule has 0 unspecified atom stereocenters. The minimum absolute atomic E-state index is 0.171. The maximum Gasteiger partial charge on any atom is 0.275 e. The molecule has 3 rings (SSSR count). The van der Waals surface area contributed by atoms with Crippen LogP contribution in [0.1, 0.15) is 5.56 Å². The number of aromatic nitrogens is 3. The van der Waals surface area contributed by atoms with Gasteiger partial charge in [-0.3, -0.25) is 4.79 Å². The van der Waals surface area contributed by atoms with E-state index in [4.69, 9.17) is 0 Å². The predicted molar refractivity (Wildman–Crippen MR) is 62.4 cm³/mol. The van der Waals surface area contributed by atoms with Gasteiger partial charge in [-0.25, -0.2) is 9.97 Å². The highest BCUT2D eigenvalue weighted by molar-refractivity contribution is 6.03. The smallest absolute Gasteiger partial charge is 0.275 e. The van der Waals surface area contributed by atoms with Gasteiger partial charge in [0.1, 0.15) is 11.8 Å². The van der Waals surface area contributed by atoms with E-state index in [1.165, 1.54) is 6.33 Å². The standard InChI is InChI=1S/C12H9N3O/c1-7-2-3-8-9-5-13-6-14-11(9)12(16)15-10(8)4-7/h2-6H,1H3,(H,15,16). The van der Waals surface area contributed by atoms with E-state index < -0.39 is 0 Å². The summed E-state index contributed by atoms with van der Waals surface area (Å²) < 4.78 is 0. The Kier molecular flexibility index (Phi) is 1.77. The molecule has 0 atom stereocenters. The van der Waals surface area contributed by atoms with Crippen LogP contribution >= 0.6 is 0 Å². The molecule has 16 heavy (non-hydrogen) atoms. The molecule has 2 heterocycles. The maximum atomic E-state index is 11.8. The Bertz CT molecular complexity index is 746. The van der Waals surface area contributed by atoms with Crippen LogP contribution in [0, 0.1) is 6.92 Å². The van der Waals surface area contributed by atoms with Gasteiger partial charge in [0.05, 0.1) is 0 Å². The molecule has 0 bridgehead atoms. The van der Waals surface area contributed by atoms with Crippen LogP contribution in [0.25, 0.3) is 21.8 Å². The van der Waals surface area contributed by atoms with E-state index in [-0.39, 0.29) is 5.56 Å². The SMILES string of the molecule is Cc1ccc2c(c1)[nH]c(=O)c1ncncc12. The number of nitrogens with zero attached hydrogens (tertiary/aromatic N) is 2. The zero-order chi connectivity index (χ0) is 11.1. The van der Waals surface area contributed by atoms with E-state index in [1.54, 1.807) is 6.20 Å². The Morgan fingerprint density at radius 3 is 3.00 bits per heavy atom. The molecule has 0 aliphatic rings. The molecular formula is C12H9N3O. The molecule has 0 radical (unpaired) electrons. The van der Waals surface area contributed by atoms with Crippen molar-refractivity contribution in [3.05, 3.63) is 46.6 Å². The molecular weight excluding hydrogens is 202 g/mol. The number of nitrogens with one attached hydrogen (secondary N) is 1. The molecule has 0 aliphatic heterocycles. The van der Waals surface area contributed by atoms with Crippen LogP contribution in [0.3, 0.4) is 0 Å². The van der Waals surface area contributed by atoms with E-state index in [1.807, 2.05) is 25.1 Å². The summed E-state index contributed by atoms with van der Waals surface area (Å²) in [5.74, 6) is 0. The Balaban J connectivity index is 2.64. The lowest BCUT2D eigenvalue weighted by Crippen LogP contribution is -2.08. The quantitative estimate of drug-likeness (QED) is 0.576. The van der Waals surface area contributed by atoms with Crippen molar-refractivity contribution >= 4 is 21.8 Å². The first kappa shape index (κ1) is 9.03. The summed E-state index contributed by atoms with van der Waals surface area (Å²) >= 11 is 0. The molecule has 78 valence electrons. The predicted octanol–water partition coefficient (Wildman–Crippen LogP) is 1.78. The number of fused-ring (bicyclic) bond motifs is 3. The summed E-state index contributed by atoms with van der Waals surface area (Å²) in [6, 6.07) is 5.93. The first-order chi connectivity index (χ1) is 7.75. The van der Waals surface area contributed by atoms with Gasteiger partial charge in [0.15, 0.2) is 0 Å². The second kappa shape index (κ2) is 3.13. The third-order valence-corrected chi connectivity index (χ3v) is 2.64. The molecule has 0 fully saturated rings.